The Morgan fingerprint density at radius 3 is 2.59 bits per heavy atom. The molecule has 7 heteroatoms. The molecule has 0 aliphatic rings. The smallest absolute Gasteiger partial charge is 0.246 e. The third-order valence-electron chi connectivity index (χ3n) is 2.48. The van der Waals surface area contributed by atoms with Gasteiger partial charge >= 0.3 is 0 Å². The number of sulfonamides is 1. The van der Waals surface area contributed by atoms with Crippen molar-refractivity contribution in [2.75, 3.05) is 13.2 Å². The number of aliphatic hydroxyl groups excluding tert-OH is 1. The van der Waals surface area contributed by atoms with E-state index in [1.165, 1.54) is 10.5 Å². The minimum Gasteiger partial charge on any atom is -0.396 e. The van der Waals surface area contributed by atoms with E-state index in [-0.39, 0.29) is 17.5 Å². The first-order valence-electron chi connectivity index (χ1n) is 5.54. The van der Waals surface area contributed by atoms with E-state index in [9.17, 15) is 8.42 Å². The number of aliphatic hydroxyl groups is 1. The van der Waals surface area contributed by atoms with Crippen LogP contribution < -0.4 is 0 Å². The first-order valence-corrected chi connectivity index (χ1v) is 6.98. The average Bonchev–Trinajstić information content (AvgIpc) is 2.64. The zero-order chi connectivity index (χ0) is 13.1. The number of nitrogens with one attached hydrogen (secondary N) is 1. The summed E-state index contributed by atoms with van der Waals surface area (Å²) < 4.78 is 26.1. The van der Waals surface area contributed by atoms with Crippen molar-refractivity contribution < 1.29 is 13.5 Å². The molecule has 0 unspecified atom stereocenters. The second kappa shape index (κ2) is 5.61. The molecule has 0 atom stereocenters. The predicted octanol–water partition coefficient (Wildman–Crippen LogP) is 0.500. The molecule has 6 nitrogen and oxygen atoms in total. The molecule has 1 rings (SSSR count). The van der Waals surface area contributed by atoms with Gasteiger partial charge in [0.2, 0.25) is 10.0 Å². The predicted molar refractivity (Wildman–Crippen MR) is 64.1 cm³/mol. The van der Waals surface area contributed by atoms with Crippen LogP contribution in [-0.2, 0) is 10.0 Å². The summed E-state index contributed by atoms with van der Waals surface area (Å²) in [5.41, 5.74) is 0.527. The van der Waals surface area contributed by atoms with Gasteiger partial charge in [0.15, 0.2) is 0 Å². The Hall–Kier alpha value is -0.920. The van der Waals surface area contributed by atoms with Crippen LogP contribution in [0.2, 0.25) is 0 Å². The standard InChI is InChI=1S/C10H19N3O3S/c1-8(2)13(5-4-6-14)17(15,16)10-7-11-12-9(10)3/h7-8,14H,4-6H2,1-3H3,(H,11,12). The summed E-state index contributed by atoms with van der Waals surface area (Å²) in [6.45, 7) is 5.57. The number of rotatable bonds is 6. The Labute approximate surface area is 102 Å². The number of nitrogens with zero attached hydrogens (tertiary/aromatic N) is 2. The number of H-pyrrole nitrogens is 1. The summed E-state index contributed by atoms with van der Waals surface area (Å²) in [5, 5.41) is 15.2. The monoisotopic (exact) mass is 261 g/mol. The lowest BCUT2D eigenvalue weighted by molar-refractivity contribution is 0.258. The number of hydrogen-bond acceptors (Lipinski definition) is 4. The molecule has 1 aromatic heterocycles. The molecule has 1 heterocycles. The van der Waals surface area contributed by atoms with Crippen LogP contribution in [0.15, 0.2) is 11.1 Å². The van der Waals surface area contributed by atoms with Gasteiger partial charge in [-0.05, 0) is 27.2 Å². The van der Waals surface area contributed by atoms with E-state index in [1.807, 2.05) is 13.8 Å². The largest absolute Gasteiger partial charge is 0.396 e. The molecule has 98 valence electrons. The van der Waals surface area contributed by atoms with Crippen LogP contribution in [0.4, 0.5) is 0 Å². The van der Waals surface area contributed by atoms with E-state index in [0.29, 0.717) is 18.7 Å². The lowest BCUT2D eigenvalue weighted by Crippen LogP contribution is -2.38. The number of aromatic amines is 1. The van der Waals surface area contributed by atoms with Crippen LogP contribution in [0.3, 0.4) is 0 Å². The highest BCUT2D eigenvalue weighted by atomic mass is 32.2. The highest BCUT2D eigenvalue weighted by molar-refractivity contribution is 7.89. The molecule has 0 spiro atoms. The molecule has 0 radical (unpaired) electrons. The van der Waals surface area contributed by atoms with E-state index in [4.69, 9.17) is 5.11 Å². The summed E-state index contributed by atoms with van der Waals surface area (Å²) in [4.78, 5) is 0.198. The van der Waals surface area contributed by atoms with Gasteiger partial charge in [0.05, 0.1) is 11.9 Å². The Balaban J connectivity index is 3.05. The molecule has 1 aromatic rings. The molecule has 0 aliphatic heterocycles. The van der Waals surface area contributed by atoms with Crippen molar-refractivity contribution in [3.8, 4) is 0 Å². The van der Waals surface area contributed by atoms with Crippen molar-refractivity contribution >= 4 is 10.0 Å². The van der Waals surface area contributed by atoms with Crippen LogP contribution in [0.5, 0.6) is 0 Å². The normalized spacial score (nSPS) is 12.6. The fraction of sp³-hybridized carbons (Fsp3) is 0.700. The molecule has 2 N–H and O–H groups in total. The number of hydrogen-bond donors (Lipinski definition) is 2. The summed E-state index contributed by atoms with van der Waals surface area (Å²) >= 11 is 0. The zero-order valence-corrected chi connectivity index (χ0v) is 11.2. The number of aryl methyl sites for hydroxylation is 1. The fourth-order valence-electron chi connectivity index (χ4n) is 1.61. The van der Waals surface area contributed by atoms with Crippen molar-refractivity contribution in [2.24, 2.45) is 0 Å². The number of aromatic nitrogens is 2. The second-order valence-corrected chi connectivity index (χ2v) is 6.00. The van der Waals surface area contributed by atoms with E-state index in [2.05, 4.69) is 10.2 Å². The first-order chi connectivity index (χ1) is 7.91. The van der Waals surface area contributed by atoms with Gasteiger partial charge in [-0.2, -0.15) is 9.40 Å². The van der Waals surface area contributed by atoms with Gasteiger partial charge in [-0.3, -0.25) is 5.10 Å². The van der Waals surface area contributed by atoms with Crippen LogP contribution in [0, 0.1) is 6.92 Å². The van der Waals surface area contributed by atoms with Gasteiger partial charge in [-0.25, -0.2) is 8.42 Å². The Bertz CT molecular complexity index is 453. The SMILES string of the molecule is Cc1[nH]ncc1S(=O)(=O)N(CCCO)C(C)C. The fourth-order valence-corrected chi connectivity index (χ4v) is 3.40. The first kappa shape index (κ1) is 14.1. The highest BCUT2D eigenvalue weighted by Gasteiger charge is 2.28. The third kappa shape index (κ3) is 3.05. The van der Waals surface area contributed by atoms with Gasteiger partial charge in [-0.1, -0.05) is 0 Å². The minimum absolute atomic E-state index is 0.0247. The maximum absolute atomic E-state index is 12.3. The van der Waals surface area contributed by atoms with Gasteiger partial charge in [0, 0.05) is 19.2 Å². The molecule has 0 aliphatic carbocycles. The summed E-state index contributed by atoms with van der Waals surface area (Å²) in [6.07, 6.45) is 1.74. The summed E-state index contributed by atoms with van der Waals surface area (Å²) in [6, 6.07) is -0.152. The van der Waals surface area contributed by atoms with Gasteiger partial charge in [0.25, 0.3) is 0 Å². The van der Waals surface area contributed by atoms with Crippen LogP contribution >= 0.6 is 0 Å². The van der Waals surface area contributed by atoms with Crippen LogP contribution in [0.25, 0.3) is 0 Å². The second-order valence-electron chi connectivity index (χ2n) is 4.15. The van der Waals surface area contributed by atoms with Gasteiger partial charge < -0.3 is 5.11 Å². The zero-order valence-electron chi connectivity index (χ0n) is 10.3. The average molecular weight is 261 g/mol. The molecule has 0 bridgehead atoms. The lowest BCUT2D eigenvalue weighted by Gasteiger charge is -2.25. The molecule has 0 fully saturated rings. The van der Waals surface area contributed by atoms with E-state index in [1.54, 1.807) is 6.92 Å². The molecule has 0 amide bonds. The van der Waals surface area contributed by atoms with Gasteiger partial charge in [-0.15, -0.1) is 0 Å². The van der Waals surface area contributed by atoms with E-state index >= 15 is 0 Å². The van der Waals surface area contributed by atoms with Gasteiger partial charge in [0.1, 0.15) is 4.90 Å². The molecular formula is C10H19N3O3S. The molecule has 0 aromatic carbocycles. The van der Waals surface area contributed by atoms with Crippen molar-refractivity contribution in [3.63, 3.8) is 0 Å². The quantitative estimate of drug-likeness (QED) is 0.780. The Morgan fingerprint density at radius 1 is 1.53 bits per heavy atom. The van der Waals surface area contributed by atoms with Crippen molar-refractivity contribution in [2.45, 2.75) is 38.1 Å². The third-order valence-corrected chi connectivity index (χ3v) is 4.67. The Morgan fingerprint density at radius 2 is 2.18 bits per heavy atom. The van der Waals surface area contributed by atoms with Crippen molar-refractivity contribution in [1.29, 1.82) is 0 Å². The molecule has 17 heavy (non-hydrogen) atoms. The maximum Gasteiger partial charge on any atom is 0.246 e. The summed E-state index contributed by atoms with van der Waals surface area (Å²) in [5.74, 6) is 0. The highest BCUT2D eigenvalue weighted by Crippen LogP contribution is 2.20. The van der Waals surface area contributed by atoms with Crippen LogP contribution in [0.1, 0.15) is 26.0 Å². The van der Waals surface area contributed by atoms with Crippen molar-refractivity contribution in [3.05, 3.63) is 11.9 Å². The van der Waals surface area contributed by atoms with E-state index < -0.39 is 10.0 Å². The lowest BCUT2D eigenvalue weighted by atomic mass is 10.3. The molecular weight excluding hydrogens is 242 g/mol. The minimum atomic E-state index is -3.53. The van der Waals surface area contributed by atoms with Crippen molar-refractivity contribution in [1.82, 2.24) is 14.5 Å². The summed E-state index contributed by atoms with van der Waals surface area (Å²) in [7, 11) is -3.53. The maximum atomic E-state index is 12.3. The molecule has 0 saturated carbocycles. The van der Waals surface area contributed by atoms with E-state index in [0.717, 1.165) is 0 Å². The molecule has 0 saturated heterocycles. The van der Waals surface area contributed by atoms with Crippen LogP contribution in [-0.4, -0.2) is 47.2 Å². The Kier molecular flexibility index (Phi) is 4.67. The topological polar surface area (TPSA) is 86.3 Å².